The van der Waals surface area contributed by atoms with Gasteiger partial charge in [0.2, 0.25) is 0 Å². The van der Waals surface area contributed by atoms with E-state index in [0.717, 1.165) is 23.6 Å². The summed E-state index contributed by atoms with van der Waals surface area (Å²) in [6, 6.07) is 6.65. The molecule has 21 heavy (non-hydrogen) atoms. The molecule has 0 aliphatic heterocycles. The van der Waals surface area contributed by atoms with Crippen LogP contribution in [0.1, 0.15) is 24.5 Å². The number of hydrogen-bond donors (Lipinski definition) is 1. The Morgan fingerprint density at radius 3 is 2.81 bits per heavy atom. The van der Waals surface area contributed by atoms with Crippen molar-refractivity contribution in [2.24, 2.45) is 0 Å². The first-order valence-electron chi connectivity index (χ1n) is 7.08. The summed E-state index contributed by atoms with van der Waals surface area (Å²) in [4.78, 5) is 2.34. The number of hydrogen-bond acceptors (Lipinski definition) is 4. The second-order valence-corrected chi connectivity index (χ2v) is 5.94. The van der Waals surface area contributed by atoms with E-state index in [1.807, 2.05) is 17.8 Å². The highest BCUT2D eigenvalue weighted by atomic mass is 32.2. The van der Waals surface area contributed by atoms with Crippen molar-refractivity contribution in [1.29, 1.82) is 0 Å². The van der Waals surface area contributed by atoms with Gasteiger partial charge in [0.25, 0.3) is 0 Å². The van der Waals surface area contributed by atoms with E-state index in [4.69, 9.17) is 9.84 Å². The maximum Gasteiger partial charge on any atom is 0.134 e. The molecular weight excluding hydrogens is 282 g/mol. The van der Waals surface area contributed by atoms with Crippen molar-refractivity contribution in [3.63, 3.8) is 0 Å². The van der Waals surface area contributed by atoms with Crippen molar-refractivity contribution in [3.8, 4) is 17.6 Å². The van der Waals surface area contributed by atoms with Crippen molar-refractivity contribution >= 4 is 11.8 Å². The Morgan fingerprint density at radius 1 is 1.43 bits per heavy atom. The van der Waals surface area contributed by atoms with Crippen LogP contribution in [0.15, 0.2) is 18.2 Å². The first kappa shape index (κ1) is 17.9. The molecule has 0 radical (unpaired) electrons. The molecule has 0 heterocycles. The Morgan fingerprint density at radius 2 is 2.19 bits per heavy atom. The van der Waals surface area contributed by atoms with Gasteiger partial charge in [-0.1, -0.05) is 17.9 Å². The summed E-state index contributed by atoms with van der Waals surface area (Å²) < 4.78 is 5.34. The fraction of sp³-hybridized carbons (Fsp3) is 0.529. The molecule has 0 aliphatic carbocycles. The predicted octanol–water partition coefficient (Wildman–Crippen LogP) is 2.61. The standard InChI is InChI=1S/C17H25NO2S/c1-14(13-21-4)18(2)12-15-8-9-17(20-3)16(11-15)7-5-6-10-19/h8-9,11,14,19H,6,10,12-13H2,1-4H3. The molecule has 0 saturated carbocycles. The Kier molecular flexibility index (Phi) is 8.29. The lowest BCUT2D eigenvalue weighted by Gasteiger charge is -2.24. The van der Waals surface area contributed by atoms with Crippen LogP contribution in [0.4, 0.5) is 0 Å². The third-order valence-electron chi connectivity index (χ3n) is 3.32. The number of rotatable bonds is 7. The Labute approximate surface area is 132 Å². The van der Waals surface area contributed by atoms with Crippen LogP contribution in [0.2, 0.25) is 0 Å². The van der Waals surface area contributed by atoms with Crippen LogP contribution in [0, 0.1) is 11.8 Å². The summed E-state index contributed by atoms with van der Waals surface area (Å²) in [5.74, 6) is 7.93. The van der Waals surface area contributed by atoms with Gasteiger partial charge >= 0.3 is 0 Å². The van der Waals surface area contributed by atoms with E-state index in [0.29, 0.717) is 12.5 Å². The number of benzene rings is 1. The predicted molar refractivity (Wildman–Crippen MR) is 90.9 cm³/mol. The summed E-state index contributed by atoms with van der Waals surface area (Å²) in [5.41, 5.74) is 2.11. The van der Waals surface area contributed by atoms with Crippen LogP contribution in [-0.2, 0) is 6.54 Å². The minimum absolute atomic E-state index is 0.0872. The van der Waals surface area contributed by atoms with Crippen LogP contribution >= 0.6 is 11.8 Å². The van der Waals surface area contributed by atoms with E-state index in [1.165, 1.54) is 5.56 Å². The minimum atomic E-state index is 0.0872. The largest absolute Gasteiger partial charge is 0.495 e. The van der Waals surface area contributed by atoms with Crippen LogP contribution in [0.25, 0.3) is 0 Å². The molecule has 0 bridgehead atoms. The smallest absolute Gasteiger partial charge is 0.134 e. The highest BCUT2D eigenvalue weighted by molar-refractivity contribution is 7.98. The summed E-state index contributed by atoms with van der Waals surface area (Å²) >= 11 is 1.86. The Bertz CT molecular complexity index is 493. The Hall–Kier alpha value is -1.15. The third kappa shape index (κ3) is 6.01. The molecule has 3 nitrogen and oxygen atoms in total. The molecule has 0 aliphatic rings. The molecule has 1 rings (SSSR count). The molecule has 0 saturated heterocycles. The van der Waals surface area contributed by atoms with Gasteiger partial charge < -0.3 is 9.84 Å². The minimum Gasteiger partial charge on any atom is -0.495 e. The molecule has 116 valence electrons. The van der Waals surface area contributed by atoms with E-state index in [9.17, 15) is 0 Å². The van der Waals surface area contributed by atoms with Crippen LogP contribution < -0.4 is 4.74 Å². The van der Waals surface area contributed by atoms with Gasteiger partial charge in [0.15, 0.2) is 0 Å². The molecular formula is C17H25NO2S. The highest BCUT2D eigenvalue weighted by Crippen LogP contribution is 2.20. The van der Waals surface area contributed by atoms with Crippen molar-refractivity contribution in [3.05, 3.63) is 29.3 Å². The lowest BCUT2D eigenvalue weighted by molar-refractivity contribution is 0.269. The maximum atomic E-state index is 8.81. The molecule has 4 heteroatoms. The first-order valence-corrected chi connectivity index (χ1v) is 8.47. The van der Waals surface area contributed by atoms with E-state index < -0.39 is 0 Å². The zero-order valence-electron chi connectivity index (χ0n) is 13.3. The molecule has 1 N–H and O–H groups in total. The zero-order chi connectivity index (χ0) is 15.7. The van der Waals surface area contributed by atoms with Crippen molar-refractivity contribution < 1.29 is 9.84 Å². The van der Waals surface area contributed by atoms with Crippen molar-refractivity contribution in [2.75, 3.05) is 32.8 Å². The topological polar surface area (TPSA) is 32.7 Å². The fourth-order valence-electron chi connectivity index (χ4n) is 1.98. The molecule has 1 unspecified atom stereocenters. The van der Waals surface area contributed by atoms with E-state index >= 15 is 0 Å². The number of aliphatic hydroxyl groups is 1. The average Bonchev–Trinajstić information content (AvgIpc) is 2.48. The van der Waals surface area contributed by atoms with Gasteiger partial charge in [-0.2, -0.15) is 11.8 Å². The SMILES string of the molecule is COc1ccc(CN(C)C(C)CSC)cc1C#CCCO. The molecule has 1 aromatic carbocycles. The number of aliphatic hydroxyl groups excluding tert-OH is 1. The lowest BCUT2D eigenvalue weighted by atomic mass is 10.1. The van der Waals surface area contributed by atoms with Crippen molar-refractivity contribution in [1.82, 2.24) is 4.90 Å². The second-order valence-electron chi connectivity index (χ2n) is 5.03. The van der Waals surface area contributed by atoms with Gasteiger partial charge in [-0.05, 0) is 37.9 Å². The van der Waals surface area contributed by atoms with Crippen molar-refractivity contribution in [2.45, 2.75) is 25.9 Å². The van der Waals surface area contributed by atoms with E-state index in [2.05, 4.69) is 49.1 Å². The maximum absolute atomic E-state index is 8.81. The molecule has 0 amide bonds. The van der Waals surface area contributed by atoms with Gasteiger partial charge in [0.05, 0.1) is 19.3 Å². The first-order chi connectivity index (χ1) is 10.1. The van der Waals surface area contributed by atoms with Gasteiger partial charge in [0.1, 0.15) is 5.75 Å². The summed E-state index contributed by atoms with van der Waals surface area (Å²) in [5, 5.41) is 8.81. The number of ether oxygens (including phenoxy) is 1. The number of thioether (sulfide) groups is 1. The third-order valence-corrected chi connectivity index (χ3v) is 4.13. The summed E-state index contributed by atoms with van der Waals surface area (Å²) in [7, 11) is 3.79. The Balaban J connectivity index is 2.85. The molecule has 0 spiro atoms. The van der Waals surface area contributed by atoms with Crippen LogP contribution in [0.3, 0.4) is 0 Å². The quantitative estimate of drug-likeness (QED) is 0.785. The highest BCUT2D eigenvalue weighted by Gasteiger charge is 2.10. The normalized spacial score (nSPS) is 11.9. The van der Waals surface area contributed by atoms with Gasteiger partial charge in [-0.25, -0.2) is 0 Å². The molecule has 1 aromatic rings. The summed E-state index contributed by atoms with van der Waals surface area (Å²) in [6.45, 7) is 3.21. The van der Waals surface area contributed by atoms with E-state index in [1.54, 1.807) is 7.11 Å². The van der Waals surface area contributed by atoms with Gasteiger partial charge in [-0.15, -0.1) is 0 Å². The number of nitrogens with zero attached hydrogens (tertiary/aromatic N) is 1. The zero-order valence-corrected chi connectivity index (χ0v) is 14.2. The van der Waals surface area contributed by atoms with Crippen LogP contribution in [-0.4, -0.2) is 48.8 Å². The monoisotopic (exact) mass is 307 g/mol. The molecule has 1 atom stereocenters. The lowest BCUT2D eigenvalue weighted by Crippen LogP contribution is -2.30. The molecule has 0 aromatic heterocycles. The fourth-order valence-corrected chi connectivity index (χ4v) is 2.71. The number of methoxy groups -OCH3 is 1. The van der Waals surface area contributed by atoms with Gasteiger partial charge in [-0.3, -0.25) is 4.90 Å². The van der Waals surface area contributed by atoms with Gasteiger partial charge in [0, 0.05) is 24.8 Å². The average molecular weight is 307 g/mol. The molecule has 0 fully saturated rings. The second kappa shape index (κ2) is 9.73. The summed E-state index contributed by atoms with van der Waals surface area (Å²) in [6.07, 6.45) is 2.62. The van der Waals surface area contributed by atoms with E-state index in [-0.39, 0.29) is 6.61 Å². The van der Waals surface area contributed by atoms with Crippen LogP contribution in [0.5, 0.6) is 5.75 Å².